The molecule has 2 unspecified atom stereocenters. The van der Waals surface area contributed by atoms with E-state index in [1.807, 2.05) is 32.9 Å². The number of methoxy groups -OCH3 is 2. The highest BCUT2D eigenvalue weighted by Crippen LogP contribution is 2.49. The maximum atomic E-state index is 14.4. The zero-order valence-electron chi connectivity index (χ0n) is 49.1. The van der Waals surface area contributed by atoms with Crippen molar-refractivity contribution in [1.82, 2.24) is 15.5 Å². The fraction of sp³-hybridized carbons (Fsp3) is 0.655. The number of fused-ring (bicyclic) bond motifs is 5. The van der Waals surface area contributed by atoms with E-state index in [2.05, 4.69) is 30.7 Å². The van der Waals surface area contributed by atoms with E-state index in [9.17, 15) is 46.8 Å². The molecule has 3 heterocycles. The molecule has 3 aliphatic rings. The van der Waals surface area contributed by atoms with Crippen LogP contribution in [0.15, 0.2) is 61.2 Å². The van der Waals surface area contributed by atoms with E-state index in [4.69, 9.17) is 41.0 Å². The van der Waals surface area contributed by atoms with Crippen LogP contribution in [0.1, 0.15) is 126 Å². The van der Waals surface area contributed by atoms with Crippen LogP contribution >= 0.6 is 33.2 Å². The number of epoxide rings is 1. The standard InChI is InChI=1S/C53H80ClN5O15S3.C4H8.CH4/c1-13-32(3)47(63)36(18-14-15-23-55)56-30-38(60)41(77(67,68)69)21-24-75-76-51(6,7)22-20-44(61)58(9)34(5)49(64)73-43-28-45(62)59(10)37-26-35(27-39(70-11)46(37)54)25-31(2)17-16-19-42(71-12)53(66)29-40(72-50(65)57-53)33(4)48-52(43,8)74-48;1-3-4-2;/h13,16-17,19,26-27,32-34,36,40-43,48,56,66H,1,14-15,18,20-25,28-30,55H2,2-12H3,(H,57,65)(H,67,68,69);3H,1,4H2,2H3;1H4/b19-16+,31-17+;;/t32?,33-,34+,36+,40+,41?,42-,43+,48+,52+,53+;;/m1../s1. The van der Waals surface area contributed by atoms with Crippen molar-refractivity contribution < 1.29 is 70.5 Å². The van der Waals surface area contributed by atoms with Crippen molar-refractivity contribution in [2.24, 2.45) is 17.6 Å². The van der Waals surface area contributed by atoms with Crippen LogP contribution in [-0.4, -0.2) is 163 Å². The Morgan fingerprint density at radius 3 is 2.39 bits per heavy atom. The van der Waals surface area contributed by atoms with E-state index in [0.717, 1.165) is 17.6 Å². The number of nitrogens with one attached hydrogen (secondary N) is 2. The number of esters is 1. The van der Waals surface area contributed by atoms with Crippen LogP contribution < -0.4 is 26.0 Å². The van der Waals surface area contributed by atoms with Gasteiger partial charge in [-0.25, -0.2) is 9.59 Å². The zero-order valence-corrected chi connectivity index (χ0v) is 52.3. The Labute approximate surface area is 500 Å². The van der Waals surface area contributed by atoms with Crippen molar-refractivity contribution in [3.05, 3.63) is 71.8 Å². The quantitative estimate of drug-likeness (QED) is 0.0145. The maximum absolute atomic E-state index is 14.4. The molecule has 4 bridgehead atoms. The summed E-state index contributed by atoms with van der Waals surface area (Å²) in [6.45, 7) is 21.5. The molecule has 0 spiro atoms. The highest BCUT2D eigenvalue weighted by molar-refractivity contribution is 8.77. The molecule has 4 rings (SSSR count). The molecule has 82 heavy (non-hydrogen) atoms. The number of halogens is 1. The van der Waals surface area contributed by atoms with Crippen molar-refractivity contribution in [2.45, 2.75) is 185 Å². The number of ether oxygens (including phenoxy) is 5. The van der Waals surface area contributed by atoms with Crippen molar-refractivity contribution in [1.29, 1.82) is 0 Å². The maximum Gasteiger partial charge on any atom is 0.409 e. The normalized spacial score (nSPS) is 25.4. The van der Waals surface area contributed by atoms with E-state index in [-0.39, 0.29) is 43.2 Å². The smallest absolute Gasteiger partial charge is 0.409 e. The largest absolute Gasteiger partial charge is 0.495 e. The number of alkyl carbamates (subject to hydrolysis) is 1. The monoisotopic (exact) mass is 1230 g/mol. The Bertz CT molecular complexity index is 2550. The number of nitrogens with zero attached hydrogens (tertiary/aromatic N) is 2. The summed E-state index contributed by atoms with van der Waals surface area (Å²) in [5.74, 6) is -3.32. The Hall–Kier alpha value is -4.30. The predicted molar refractivity (Wildman–Crippen MR) is 326 cm³/mol. The third-order valence-corrected chi connectivity index (χ3v) is 19.8. The van der Waals surface area contributed by atoms with Crippen LogP contribution in [0.4, 0.5) is 10.5 Å². The second-order valence-corrected chi connectivity index (χ2v) is 26.8. The number of rotatable bonds is 26. The first-order valence-electron chi connectivity index (χ1n) is 27.2. The molecule has 2 saturated heterocycles. The predicted octanol–water partition coefficient (Wildman–Crippen LogP) is 8.37. The highest BCUT2D eigenvalue weighted by atomic mass is 35.5. The molecular weight excluding hydrogens is 1140 g/mol. The van der Waals surface area contributed by atoms with E-state index < -0.39 is 122 Å². The topological polar surface area (TPSA) is 283 Å². The number of likely N-dealkylation sites (N-methyl/N-ethyl adjacent to an activating group) is 1. The van der Waals surface area contributed by atoms with E-state index in [0.29, 0.717) is 50.1 Å². The van der Waals surface area contributed by atoms with Crippen LogP contribution in [-0.2, 0) is 59.5 Å². The molecule has 24 heteroatoms. The summed E-state index contributed by atoms with van der Waals surface area (Å²) < 4.78 is 63.7. The molecule has 6 N–H and O–H groups in total. The number of ketones is 2. The van der Waals surface area contributed by atoms with Crippen molar-refractivity contribution in [3.8, 4) is 5.75 Å². The molecule has 0 aromatic heterocycles. The van der Waals surface area contributed by atoms with E-state index in [1.54, 1.807) is 52.1 Å². The Balaban J connectivity index is 0.00000444. The average molecular weight is 1230 g/mol. The molecule has 0 aliphatic carbocycles. The minimum absolute atomic E-state index is 0. The van der Waals surface area contributed by atoms with Gasteiger partial charge in [0.1, 0.15) is 46.0 Å². The van der Waals surface area contributed by atoms with E-state index >= 15 is 0 Å². The summed E-state index contributed by atoms with van der Waals surface area (Å²) in [6, 6.07) is 1.65. The van der Waals surface area contributed by atoms with Gasteiger partial charge in [0, 0.05) is 56.4 Å². The number of allylic oxidation sites excluding steroid dienone is 5. The molecule has 11 atom stereocenters. The van der Waals surface area contributed by atoms with Gasteiger partial charge in [0.25, 0.3) is 10.1 Å². The fourth-order valence-corrected chi connectivity index (χ4v) is 13.2. The number of benzene rings is 1. The Kier molecular flexibility index (Phi) is 30.1. The molecule has 0 radical (unpaired) electrons. The molecule has 3 aliphatic heterocycles. The fourth-order valence-electron chi connectivity index (χ4n) is 9.29. The van der Waals surface area contributed by atoms with Gasteiger partial charge >= 0.3 is 12.1 Å². The first-order chi connectivity index (χ1) is 37.9. The lowest BCUT2D eigenvalue weighted by Gasteiger charge is -2.42. The number of carbonyl (C=O) groups excluding carboxylic acids is 6. The number of hydrogen-bond acceptors (Lipinski definition) is 18. The Morgan fingerprint density at radius 2 is 1.80 bits per heavy atom. The van der Waals surface area contributed by atoms with Crippen molar-refractivity contribution in [2.75, 3.05) is 52.1 Å². The number of anilines is 1. The molecule has 1 aromatic carbocycles. The first kappa shape index (κ1) is 73.8. The minimum atomic E-state index is -4.79. The summed E-state index contributed by atoms with van der Waals surface area (Å²) >= 11 is 6.82. The van der Waals surface area contributed by atoms with Gasteiger partial charge in [0.2, 0.25) is 11.8 Å². The summed E-state index contributed by atoms with van der Waals surface area (Å²) in [5.41, 5.74) is 4.38. The van der Waals surface area contributed by atoms with Crippen molar-refractivity contribution in [3.63, 3.8) is 0 Å². The second kappa shape index (κ2) is 33.4. The molecule has 464 valence electrons. The average Bonchev–Trinajstić information content (AvgIpc) is 3.39. The van der Waals surface area contributed by atoms with Gasteiger partial charge in [-0.1, -0.05) is 104 Å². The van der Waals surface area contributed by atoms with Crippen molar-refractivity contribution >= 4 is 84.4 Å². The summed E-state index contributed by atoms with van der Waals surface area (Å²) in [4.78, 5) is 84.1. The van der Waals surface area contributed by atoms with E-state index in [1.165, 1.54) is 65.7 Å². The van der Waals surface area contributed by atoms with Gasteiger partial charge in [-0.05, 0) is 97.4 Å². The van der Waals surface area contributed by atoms with Crippen LogP contribution in [0, 0.1) is 11.8 Å². The third-order valence-electron chi connectivity index (χ3n) is 14.8. The molecule has 1 aromatic rings. The second-order valence-electron chi connectivity index (χ2n) is 21.7. The lowest BCUT2D eigenvalue weighted by molar-refractivity contribution is -0.162. The van der Waals surface area contributed by atoms with Crippen LogP contribution in [0.5, 0.6) is 5.75 Å². The summed E-state index contributed by atoms with van der Waals surface area (Å²) in [7, 11) is 3.72. The number of Topliss-reactive ketones (excluding diaryl/α,β-unsaturated/α-hetero) is 2. The molecular formula is C58H92ClN5O15S3. The van der Waals surface area contributed by atoms with Gasteiger partial charge < -0.3 is 49.6 Å². The Morgan fingerprint density at radius 1 is 1.15 bits per heavy atom. The van der Waals surface area contributed by atoms with Crippen LogP contribution in [0.2, 0.25) is 5.02 Å². The molecule has 20 nitrogen and oxygen atoms in total. The number of aliphatic hydroxyl groups is 1. The lowest BCUT2D eigenvalue weighted by atomic mass is 9.83. The van der Waals surface area contributed by atoms with Gasteiger partial charge in [0.05, 0.1) is 37.9 Å². The first-order valence-corrected chi connectivity index (χ1v) is 31.4. The van der Waals surface area contributed by atoms with Crippen LogP contribution in [0.25, 0.3) is 0 Å². The van der Waals surface area contributed by atoms with Gasteiger partial charge in [-0.3, -0.25) is 29.0 Å². The van der Waals surface area contributed by atoms with Gasteiger partial charge in [0.15, 0.2) is 17.3 Å². The highest BCUT2D eigenvalue weighted by Gasteiger charge is 2.64. The minimum Gasteiger partial charge on any atom is -0.495 e. The van der Waals surface area contributed by atoms with Gasteiger partial charge in [-0.2, -0.15) is 8.42 Å². The van der Waals surface area contributed by atoms with Gasteiger partial charge in [-0.15, -0.1) is 13.2 Å². The number of amides is 3. The SMILES string of the molecule is C.C=CC(C)C(=O)[C@H](CCCCN)NCC(=O)C(CCSSC(C)(C)CCC(=O)N(C)[C@@H](C)C(=O)O[C@H]1CC(=O)N(C)c2cc(cc(OC)c2Cl)C/C(C)=C/C=C/[C@@H](OC)[C@@]2(O)C[C@H](OC(=O)N2)[C@@H](C)[C@@H]2O[C@@]12C)S(=O)(=O)O.C=CCC. The summed E-state index contributed by atoms with van der Waals surface area (Å²) in [5, 5.41) is 15.7. The molecule has 2 fully saturated rings. The molecule has 0 saturated carbocycles. The number of unbranched alkanes of at least 4 members (excludes halogenated alkanes) is 1. The number of nitrogens with two attached hydrogens (primary N) is 1. The summed E-state index contributed by atoms with van der Waals surface area (Å²) in [6.07, 6.45) is 6.52. The molecule has 3 amide bonds. The third kappa shape index (κ3) is 21.0. The number of hydrogen-bond donors (Lipinski definition) is 5. The lowest BCUT2D eigenvalue weighted by Crippen LogP contribution is -2.63. The van der Waals surface area contributed by atoms with Crippen LogP contribution in [0.3, 0.4) is 0 Å². The number of carbonyl (C=O) groups is 6. The zero-order chi connectivity index (χ0) is 61.2.